The molecule has 3 nitrogen and oxygen atoms in total. The van der Waals surface area contributed by atoms with Gasteiger partial charge in [-0.2, -0.15) is 0 Å². The third-order valence-corrected chi connectivity index (χ3v) is 3.53. The molecule has 1 aromatic carbocycles. The number of hydrogen-bond acceptors (Lipinski definition) is 3. The summed E-state index contributed by atoms with van der Waals surface area (Å²) in [7, 11) is 1.98. The van der Waals surface area contributed by atoms with Gasteiger partial charge in [0.15, 0.2) is 5.79 Å². The average Bonchev–Trinajstić information content (AvgIpc) is 2.46. The van der Waals surface area contributed by atoms with Gasteiger partial charge in [-0.25, -0.2) is 0 Å². The van der Waals surface area contributed by atoms with E-state index in [1.807, 2.05) is 25.2 Å². The second-order valence-electron chi connectivity index (χ2n) is 4.74. The third kappa shape index (κ3) is 2.91. The zero-order valence-electron chi connectivity index (χ0n) is 11.3. The first kappa shape index (κ1) is 13.5. The molecule has 1 heterocycles. The first-order valence-electron chi connectivity index (χ1n) is 6.82. The van der Waals surface area contributed by atoms with E-state index in [0.717, 1.165) is 38.0 Å². The quantitative estimate of drug-likeness (QED) is 0.870. The zero-order chi connectivity index (χ0) is 12.8. The lowest BCUT2D eigenvalue weighted by molar-refractivity contribution is -0.304. The van der Waals surface area contributed by atoms with Gasteiger partial charge in [-0.15, -0.1) is 0 Å². The molecule has 0 amide bonds. The maximum absolute atomic E-state index is 6.25. The van der Waals surface area contributed by atoms with Crippen LogP contribution in [0.3, 0.4) is 0 Å². The van der Waals surface area contributed by atoms with Gasteiger partial charge in [0.05, 0.1) is 12.7 Å². The Labute approximate surface area is 109 Å². The number of hydrogen-bond donors (Lipinski definition) is 1. The molecule has 1 aromatic rings. The Bertz CT molecular complexity index is 355. The van der Waals surface area contributed by atoms with Crippen LogP contribution in [0.15, 0.2) is 30.3 Å². The molecule has 0 aliphatic carbocycles. The summed E-state index contributed by atoms with van der Waals surface area (Å²) in [4.78, 5) is 0. The molecule has 3 heteroatoms. The SMILES string of the molecule is CC[C@@]1(c2ccccc2)OCC[C@@H](CCNC)O1. The monoisotopic (exact) mass is 249 g/mol. The van der Waals surface area contributed by atoms with Crippen LogP contribution in [-0.2, 0) is 15.3 Å². The van der Waals surface area contributed by atoms with Gasteiger partial charge in [0.1, 0.15) is 0 Å². The van der Waals surface area contributed by atoms with Crippen LogP contribution >= 0.6 is 0 Å². The molecule has 0 unspecified atom stereocenters. The van der Waals surface area contributed by atoms with Gasteiger partial charge in [-0.05, 0) is 26.4 Å². The van der Waals surface area contributed by atoms with Gasteiger partial charge in [-0.3, -0.25) is 0 Å². The van der Waals surface area contributed by atoms with Gasteiger partial charge in [0, 0.05) is 12.0 Å². The molecule has 100 valence electrons. The Morgan fingerprint density at radius 3 is 2.78 bits per heavy atom. The number of nitrogens with one attached hydrogen (secondary N) is 1. The van der Waals surface area contributed by atoms with Crippen LogP contribution in [0.5, 0.6) is 0 Å². The van der Waals surface area contributed by atoms with E-state index in [0.29, 0.717) is 0 Å². The summed E-state index contributed by atoms with van der Waals surface area (Å²) in [6, 6.07) is 10.3. The summed E-state index contributed by atoms with van der Waals surface area (Å²) >= 11 is 0. The molecule has 1 aliphatic heterocycles. The molecule has 0 saturated carbocycles. The van der Waals surface area contributed by atoms with Crippen molar-refractivity contribution in [3.8, 4) is 0 Å². The molecule has 0 aromatic heterocycles. The van der Waals surface area contributed by atoms with E-state index >= 15 is 0 Å². The highest BCUT2D eigenvalue weighted by Gasteiger charge is 2.38. The van der Waals surface area contributed by atoms with Gasteiger partial charge in [-0.1, -0.05) is 37.3 Å². The predicted octanol–water partition coefficient (Wildman–Crippen LogP) is 2.66. The molecule has 1 aliphatic rings. The third-order valence-electron chi connectivity index (χ3n) is 3.53. The van der Waals surface area contributed by atoms with Crippen molar-refractivity contribution in [3.05, 3.63) is 35.9 Å². The Morgan fingerprint density at radius 1 is 1.33 bits per heavy atom. The molecule has 2 atom stereocenters. The normalized spacial score (nSPS) is 28.2. The molecule has 1 fully saturated rings. The summed E-state index contributed by atoms with van der Waals surface area (Å²) in [6.07, 6.45) is 3.14. The smallest absolute Gasteiger partial charge is 0.194 e. The summed E-state index contributed by atoms with van der Waals surface area (Å²) in [5, 5.41) is 3.18. The van der Waals surface area contributed by atoms with Crippen LogP contribution in [0.25, 0.3) is 0 Å². The summed E-state index contributed by atoms with van der Waals surface area (Å²) in [5.41, 5.74) is 1.13. The number of rotatable bonds is 5. The topological polar surface area (TPSA) is 30.5 Å². The number of ether oxygens (including phenoxy) is 2. The van der Waals surface area contributed by atoms with Crippen molar-refractivity contribution >= 4 is 0 Å². The summed E-state index contributed by atoms with van der Waals surface area (Å²) < 4.78 is 12.2. The first-order chi connectivity index (χ1) is 8.80. The number of benzene rings is 1. The summed E-state index contributed by atoms with van der Waals surface area (Å²) in [5.74, 6) is -0.544. The van der Waals surface area contributed by atoms with E-state index in [-0.39, 0.29) is 6.10 Å². The molecular formula is C15H23NO2. The average molecular weight is 249 g/mol. The van der Waals surface area contributed by atoms with Crippen LogP contribution < -0.4 is 5.32 Å². The van der Waals surface area contributed by atoms with Gasteiger partial charge < -0.3 is 14.8 Å². The maximum atomic E-state index is 6.25. The summed E-state index contributed by atoms with van der Waals surface area (Å²) in [6.45, 7) is 3.88. The Hall–Kier alpha value is -0.900. The second kappa shape index (κ2) is 6.32. The lowest BCUT2D eigenvalue weighted by Crippen LogP contribution is -2.42. The molecule has 0 bridgehead atoms. The van der Waals surface area contributed by atoms with E-state index in [4.69, 9.17) is 9.47 Å². The fourth-order valence-corrected chi connectivity index (χ4v) is 2.46. The molecule has 2 rings (SSSR count). The molecule has 1 N–H and O–H groups in total. The standard InChI is InChI=1S/C15H23NO2/c1-3-15(13-7-5-4-6-8-13)17-12-10-14(18-15)9-11-16-2/h4-8,14,16H,3,9-12H2,1-2H3/t14-,15-/m1/s1. The fourth-order valence-electron chi connectivity index (χ4n) is 2.46. The molecule has 1 saturated heterocycles. The van der Waals surface area contributed by atoms with Crippen molar-refractivity contribution in [2.45, 2.75) is 38.1 Å². The Morgan fingerprint density at radius 2 is 2.11 bits per heavy atom. The second-order valence-corrected chi connectivity index (χ2v) is 4.74. The zero-order valence-corrected chi connectivity index (χ0v) is 11.3. The van der Waals surface area contributed by atoms with Crippen molar-refractivity contribution in [1.29, 1.82) is 0 Å². The highest BCUT2D eigenvalue weighted by atomic mass is 16.7. The maximum Gasteiger partial charge on any atom is 0.194 e. The van der Waals surface area contributed by atoms with Crippen LogP contribution in [0, 0.1) is 0 Å². The highest BCUT2D eigenvalue weighted by molar-refractivity contribution is 5.20. The van der Waals surface area contributed by atoms with Crippen LogP contribution in [0.2, 0.25) is 0 Å². The van der Waals surface area contributed by atoms with E-state index in [9.17, 15) is 0 Å². The van der Waals surface area contributed by atoms with E-state index in [2.05, 4.69) is 24.4 Å². The van der Waals surface area contributed by atoms with Crippen molar-refractivity contribution in [2.75, 3.05) is 20.2 Å². The lowest BCUT2D eigenvalue weighted by Gasteiger charge is -2.41. The van der Waals surface area contributed by atoms with Crippen LogP contribution in [0.1, 0.15) is 31.7 Å². The van der Waals surface area contributed by atoms with Crippen LogP contribution in [-0.4, -0.2) is 26.3 Å². The minimum Gasteiger partial charge on any atom is -0.346 e. The first-order valence-corrected chi connectivity index (χ1v) is 6.82. The van der Waals surface area contributed by atoms with E-state index in [1.54, 1.807) is 0 Å². The minimum absolute atomic E-state index is 0.284. The minimum atomic E-state index is -0.544. The molecule has 0 spiro atoms. The highest BCUT2D eigenvalue weighted by Crippen LogP contribution is 2.36. The van der Waals surface area contributed by atoms with Gasteiger partial charge in [0.25, 0.3) is 0 Å². The molecular weight excluding hydrogens is 226 g/mol. The molecule has 0 radical (unpaired) electrons. The van der Waals surface area contributed by atoms with Crippen LogP contribution in [0.4, 0.5) is 0 Å². The van der Waals surface area contributed by atoms with E-state index < -0.39 is 5.79 Å². The van der Waals surface area contributed by atoms with E-state index in [1.165, 1.54) is 0 Å². The largest absolute Gasteiger partial charge is 0.346 e. The van der Waals surface area contributed by atoms with Crippen molar-refractivity contribution in [1.82, 2.24) is 5.32 Å². The van der Waals surface area contributed by atoms with Crippen molar-refractivity contribution in [3.63, 3.8) is 0 Å². The van der Waals surface area contributed by atoms with Crippen molar-refractivity contribution in [2.24, 2.45) is 0 Å². The van der Waals surface area contributed by atoms with Gasteiger partial charge in [0.2, 0.25) is 0 Å². The van der Waals surface area contributed by atoms with Gasteiger partial charge >= 0.3 is 0 Å². The Balaban J connectivity index is 2.12. The Kier molecular flexibility index (Phi) is 4.75. The molecule has 18 heavy (non-hydrogen) atoms. The fraction of sp³-hybridized carbons (Fsp3) is 0.600. The van der Waals surface area contributed by atoms with Crippen molar-refractivity contribution < 1.29 is 9.47 Å². The predicted molar refractivity (Wildman–Crippen MR) is 72.4 cm³/mol. The lowest BCUT2D eigenvalue weighted by atomic mass is 10.0.